The number of thiocarbonyl (C=S) groups is 1. The first-order valence-electron chi connectivity index (χ1n) is 12.4. The normalized spacial score (nSPS) is 14.2. The molecule has 35 heavy (non-hydrogen) atoms. The van der Waals surface area contributed by atoms with Crippen molar-refractivity contribution in [2.75, 3.05) is 25.0 Å². The molecule has 4 rings (SSSR count). The molecule has 1 aromatic heterocycles. The number of ether oxygens (including phenoxy) is 1. The molecular weight excluding hydrogens is 456 g/mol. The maximum Gasteiger partial charge on any atom is 0.338 e. The molecule has 1 fully saturated rings. The summed E-state index contributed by atoms with van der Waals surface area (Å²) in [5.41, 5.74) is 3.97. The Kier molecular flexibility index (Phi) is 8.18. The molecule has 0 amide bonds. The Morgan fingerprint density at radius 2 is 1.91 bits per heavy atom. The smallest absolute Gasteiger partial charge is 0.338 e. The zero-order valence-electron chi connectivity index (χ0n) is 20.7. The van der Waals surface area contributed by atoms with Gasteiger partial charge in [-0.3, -0.25) is 0 Å². The zero-order chi connectivity index (χ0) is 24.8. The molecule has 2 aromatic carbocycles. The Labute approximate surface area is 213 Å². The third-order valence-electron chi connectivity index (χ3n) is 6.52. The SMILES string of the molecule is CCOC(=O)c1cccc(NC(=S)N2CCC(c3nccn3Cc3ccc(C(C)C)cc3)CC2)c1. The van der Waals surface area contributed by atoms with E-state index in [1.54, 1.807) is 19.1 Å². The number of aromatic nitrogens is 2. The molecule has 0 saturated carbocycles. The second-order valence-electron chi connectivity index (χ2n) is 9.30. The van der Waals surface area contributed by atoms with E-state index in [4.69, 9.17) is 21.9 Å². The number of likely N-dealkylation sites (tertiary alicyclic amines) is 1. The highest BCUT2D eigenvalue weighted by atomic mass is 32.1. The van der Waals surface area contributed by atoms with Crippen LogP contribution in [0.1, 0.15) is 72.8 Å². The average Bonchev–Trinajstić information content (AvgIpc) is 3.33. The van der Waals surface area contributed by atoms with Gasteiger partial charge in [0.15, 0.2) is 5.11 Å². The number of hydrogen-bond donors (Lipinski definition) is 1. The molecule has 0 bridgehead atoms. The second-order valence-corrected chi connectivity index (χ2v) is 9.69. The monoisotopic (exact) mass is 490 g/mol. The summed E-state index contributed by atoms with van der Waals surface area (Å²) >= 11 is 5.67. The van der Waals surface area contributed by atoms with Crippen molar-refractivity contribution in [1.82, 2.24) is 14.5 Å². The van der Waals surface area contributed by atoms with Crippen molar-refractivity contribution in [3.63, 3.8) is 0 Å². The van der Waals surface area contributed by atoms with Crippen molar-refractivity contribution < 1.29 is 9.53 Å². The molecule has 7 heteroatoms. The number of esters is 1. The number of carbonyl (C=O) groups excluding carboxylic acids is 1. The minimum Gasteiger partial charge on any atom is -0.462 e. The average molecular weight is 491 g/mol. The van der Waals surface area contributed by atoms with Crippen molar-refractivity contribution in [3.8, 4) is 0 Å². The summed E-state index contributed by atoms with van der Waals surface area (Å²) in [6.07, 6.45) is 5.98. The van der Waals surface area contributed by atoms with Crippen LogP contribution in [0.3, 0.4) is 0 Å². The van der Waals surface area contributed by atoms with Crippen LogP contribution in [0.2, 0.25) is 0 Å². The van der Waals surface area contributed by atoms with Crippen LogP contribution in [0.25, 0.3) is 0 Å². The van der Waals surface area contributed by atoms with Gasteiger partial charge in [-0.05, 0) is 67.2 Å². The van der Waals surface area contributed by atoms with Gasteiger partial charge in [-0.15, -0.1) is 0 Å². The molecule has 0 atom stereocenters. The fourth-order valence-corrected chi connectivity index (χ4v) is 4.80. The van der Waals surface area contributed by atoms with Gasteiger partial charge in [0.2, 0.25) is 0 Å². The van der Waals surface area contributed by atoms with Gasteiger partial charge in [0.1, 0.15) is 5.82 Å². The van der Waals surface area contributed by atoms with E-state index in [0.29, 0.717) is 29.1 Å². The number of carbonyl (C=O) groups is 1. The van der Waals surface area contributed by atoms with E-state index in [1.165, 1.54) is 11.1 Å². The highest BCUT2D eigenvalue weighted by Gasteiger charge is 2.25. The predicted molar refractivity (Wildman–Crippen MR) is 144 cm³/mol. The molecule has 1 aliphatic heterocycles. The van der Waals surface area contributed by atoms with Crippen LogP contribution in [-0.2, 0) is 11.3 Å². The Hall–Kier alpha value is -3.19. The molecule has 1 aliphatic rings. The molecule has 0 radical (unpaired) electrons. The molecule has 3 aromatic rings. The molecule has 2 heterocycles. The molecule has 1 saturated heterocycles. The summed E-state index contributed by atoms with van der Waals surface area (Å²) < 4.78 is 7.38. The van der Waals surface area contributed by atoms with Gasteiger partial charge in [0.25, 0.3) is 0 Å². The summed E-state index contributed by atoms with van der Waals surface area (Å²) in [5, 5.41) is 3.96. The van der Waals surface area contributed by atoms with Gasteiger partial charge in [-0.1, -0.05) is 44.2 Å². The van der Waals surface area contributed by atoms with Crippen LogP contribution in [0.15, 0.2) is 60.9 Å². The Bertz CT molecular complexity index is 1150. The lowest BCUT2D eigenvalue weighted by molar-refractivity contribution is 0.0526. The van der Waals surface area contributed by atoms with Crippen LogP contribution < -0.4 is 5.32 Å². The Morgan fingerprint density at radius 3 is 2.60 bits per heavy atom. The van der Waals surface area contributed by atoms with Gasteiger partial charge in [-0.2, -0.15) is 0 Å². The maximum atomic E-state index is 12.0. The molecular formula is C28H34N4O2S. The van der Waals surface area contributed by atoms with E-state index in [2.05, 4.69) is 59.1 Å². The minimum absolute atomic E-state index is 0.325. The molecule has 6 nitrogen and oxygen atoms in total. The summed E-state index contributed by atoms with van der Waals surface area (Å²) in [7, 11) is 0. The fraction of sp³-hybridized carbons (Fsp3) is 0.393. The number of benzene rings is 2. The predicted octanol–water partition coefficient (Wildman–Crippen LogP) is 5.81. The number of anilines is 1. The van der Waals surface area contributed by atoms with Crippen molar-refractivity contribution >= 4 is 29.0 Å². The van der Waals surface area contributed by atoms with Crippen molar-refractivity contribution in [2.24, 2.45) is 0 Å². The summed E-state index contributed by atoms with van der Waals surface area (Å²) in [6, 6.07) is 16.2. The number of piperidine rings is 1. The van der Waals surface area contributed by atoms with Crippen LogP contribution in [0, 0.1) is 0 Å². The van der Waals surface area contributed by atoms with E-state index < -0.39 is 0 Å². The minimum atomic E-state index is -0.325. The number of hydrogen-bond acceptors (Lipinski definition) is 4. The third kappa shape index (κ3) is 6.28. The van der Waals surface area contributed by atoms with E-state index >= 15 is 0 Å². The Balaban J connectivity index is 1.33. The number of rotatable bonds is 7. The van der Waals surface area contributed by atoms with Gasteiger partial charge in [0.05, 0.1) is 12.2 Å². The lowest BCUT2D eigenvalue weighted by Crippen LogP contribution is -2.40. The first kappa shape index (κ1) is 24.9. The number of imidazole rings is 1. The first-order chi connectivity index (χ1) is 16.9. The second kappa shape index (κ2) is 11.5. The van der Waals surface area contributed by atoms with Crippen molar-refractivity contribution in [3.05, 3.63) is 83.4 Å². The van der Waals surface area contributed by atoms with Crippen molar-refractivity contribution in [1.29, 1.82) is 0 Å². The molecule has 184 valence electrons. The number of nitrogens with zero attached hydrogens (tertiary/aromatic N) is 3. The topological polar surface area (TPSA) is 59.4 Å². The maximum absolute atomic E-state index is 12.0. The van der Waals surface area contributed by atoms with Gasteiger partial charge < -0.3 is 19.5 Å². The first-order valence-corrected chi connectivity index (χ1v) is 12.8. The molecule has 0 unspecified atom stereocenters. The van der Waals surface area contributed by atoms with Crippen molar-refractivity contribution in [2.45, 2.75) is 52.0 Å². The van der Waals surface area contributed by atoms with Gasteiger partial charge >= 0.3 is 5.97 Å². The highest BCUT2D eigenvalue weighted by molar-refractivity contribution is 7.80. The Morgan fingerprint density at radius 1 is 1.17 bits per heavy atom. The summed E-state index contributed by atoms with van der Waals surface area (Å²) in [6.45, 7) is 9.16. The molecule has 0 spiro atoms. The lowest BCUT2D eigenvalue weighted by Gasteiger charge is -2.33. The third-order valence-corrected chi connectivity index (χ3v) is 6.88. The standard InChI is InChI=1S/C28H34N4O2S/c1-4-34-27(33)24-6-5-7-25(18-24)30-28(35)31-15-12-23(13-16-31)26-29-14-17-32(26)19-21-8-10-22(11-9-21)20(2)3/h5-11,14,17-18,20,23H,4,12-13,15-16,19H2,1-3H3,(H,30,35). The van der Waals surface area contributed by atoms with E-state index in [1.807, 2.05) is 18.3 Å². The molecule has 1 N–H and O–H groups in total. The largest absolute Gasteiger partial charge is 0.462 e. The van der Waals surface area contributed by atoms with Crippen LogP contribution in [0.5, 0.6) is 0 Å². The number of nitrogens with one attached hydrogen (secondary N) is 1. The van der Waals surface area contributed by atoms with Gasteiger partial charge in [-0.25, -0.2) is 9.78 Å². The van der Waals surface area contributed by atoms with E-state index in [9.17, 15) is 4.79 Å². The molecule has 0 aliphatic carbocycles. The van der Waals surface area contributed by atoms with Crippen LogP contribution >= 0.6 is 12.2 Å². The van der Waals surface area contributed by atoms with E-state index in [0.717, 1.165) is 44.0 Å². The summed E-state index contributed by atoms with van der Waals surface area (Å²) in [5.74, 6) is 1.78. The van der Waals surface area contributed by atoms with Crippen LogP contribution in [0.4, 0.5) is 5.69 Å². The van der Waals surface area contributed by atoms with E-state index in [-0.39, 0.29) is 5.97 Å². The lowest BCUT2D eigenvalue weighted by atomic mass is 9.96. The quantitative estimate of drug-likeness (QED) is 0.333. The highest BCUT2D eigenvalue weighted by Crippen LogP contribution is 2.28. The van der Waals surface area contributed by atoms with Gasteiger partial charge in [0, 0.05) is 43.6 Å². The summed E-state index contributed by atoms with van der Waals surface area (Å²) in [4.78, 5) is 18.9. The van der Waals surface area contributed by atoms with Crippen LogP contribution in [-0.4, -0.2) is 45.2 Å². The zero-order valence-corrected chi connectivity index (χ0v) is 21.6. The fourth-order valence-electron chi connectivity index (χ4n) is 4.50.